The van der Waals surface area contributed by atoms with E-state index in [1.807, 2.05) is 13.1 Å². The molecule has 0 aliphatic rings. The van der Waals surface area contributed by atoms with E-state index >= 15 is 0 Å². The Morgan fingerprint density at radius 2 is 2.24 bits per heavy atom. The molecular weight excluding hydrogens is 214 g/mol. The average molecular weight is 233 g/mol. The van der Waals surface area contributed by atoms with E-state index in [1.165, 1.54) is 0 Å². The second-order valence-electron chi connectivity index (χ2n) is 4.37. The number of anilines is 2. The van der Waals surface area contributed by atoms with Crippen molar-refractivity contribution in [3.8, 4) is 6.07 Å². The van der Waals surface area contributed by atoms with Gasteiger partial charge in [-0.05, 0) is 5.92 Å². The highest BCUT2D eigenvalue weighted by Gasteiger charge is 2.05. The van der Waals surface area contributed by atoms with Crippen LogP contribution in [0.1, 0.15) is 20.3 Å². The molecule has 5 heteroatoms. The van der Waals surface area contributed by atoms with E-state index in [2.05, 4.69) is 40.1 Å². The van der Waals surface area contributed by atoms with Crippen LogP contribution in [0.15, 0.2) is 12.4 Å². The summed E-state index contributed by atoms with van der Waals surface area (Å²) in [4.78, 5) is 10.4. The maximum atomic E-state index is 8.46. The summed E-state index contributed by atoms with van der Waals surface area (Å²) < 4.78 is 0. The van der Waals surface area contributed by atoms with Gasteiger partial charge < -0.3 is 10.2 Å². The zero-order chi connectivity index (χ0) is 12.7. The van der Waals surface area contributed by atoms with Crippen LogP contribution in [-0.2, 0) is 0 Å². The zero-order valence-electron chi connectivity index (χ0n) is 10.6. The normalized spacial score (nSPS) is 10.1. The van der Waals surface area contributed by atoms with Gasteiger partial charge in [0, 0.05) is 26.2 Å². The van der Waals surface area contributed by atoms with Gasteiger partial charge in [-0.2, -0.15) is 5.26 Å². The van der Waals surface area contributed by atoms with E-state index in [4.69, 9.17) is 5.26 Å². The minimum Gasteiger partial charge on any atom is -0.369 e. The lowest BCUT2D eigenvalue weighted by atomic mass is 10.2. The molecule has 0 aliphatic heterocycles. The van der Waals surface area contributed by atoms with Gasteiger partial charge in [-0.25, -0.2) is 9.97 Å². The van der Waals surface area contributed by atoms with Crippen LogP contribution < -0.4 is 10.2 Å². The van der Waals surface area contributed by atoms with Crippen molar-refractivity contribution >= 4 is 11.6 Å². The van der Waals surface area contributed by atoms with E-state index in [1.54, 1.807) is 6.33 Å². The highest BCUT2D eigenvalue weighted by atomic mass is 15.2. The molecule has 0 bridgehead atoms. The van der Waals surface area contributed by atoms with Crippen LogP contribution in [0.25, 0.3) is 0 Å². The molecule has 0 aliphatic carbocycles. The Hall–Kier alpha value is -1.83. The van der Waals surface area contributed by atoms with E-state index in [0.717, 1.165) is 18.2 Å². The summed E-state index contributed by atoms with van der Waals surface area (Å²) >= 11 is 0. The van der Waals surface area contributed by atoms with Crippen molar-refractivity contribution < 1.29 is 0 Å². The molecule has 1 aromatic rings. The topological polar surface area (TPSA) is 64.8 Å². The van der Waals surface area contributed by atoms with Gasteiger partial charge in [0.05, 0.1) is 12.5 Å². The van der Waals surface area contributed by atoms with Gasteiger partial charge in [0.25, 0.3) is 0 Å². The molecule has 0 unspecified atom stereocenters. The fourth-order valence-corrected chi connectivity index (χ4v) is 1.54. The average Bonchev–Trinajstić information content (AvgIpc) is 2.29. The molecule has 0 amide bonds. The molecule has 1 aromatic heterocycles. The van der Waals surface area contributed by atoms with Crippen LogP contribution in [0.3, 0.4) is 0 Å². The summed E-state index contributed by atoms with van der Waals surface area (Å²) in [5.74, 6) is 2.25. The second kappa shape index (κ2) is 6.69. The number of nitrogens with one attached hydrogen (secondary N) is 1. The summed E-state index contributed by atoms with van der Waals surface area (Å²) in [6, 6.07) is 3.99. The van der Waals surface area contributed by atoms with Gasteiger partial charge in [-0.1, -0.05) is 13.8 Å². The van der Waals surface area contributed by atoms with Crippen LogP contribution in [0, 0.1) is 17.2 Å². The zero-order valence-corrected chi connectivity index (χ0v) is 10.6. The molecule has 1 N–H and O–H groups in total. The van der Waals surface area contributed by atoms with Gasteiger partial charge in [0.2, 0.25) is 0 Å². The molecule has 0 spiro atoms. The molecule has 0 radical (unpaired) electrons. The molecule has 92 valence electrons. The third kappa shape index (κ3) is 4.68. The van der Waals surface area contributed by atoms with E-state index in [-0.39, 0.29) is 0 Å². The lowest BCUT2D eigenvalue weighted by molar-refractivity contribution is 0.634. The predicted octanol–water partition coefficient (Wildman–Crippen LogP) is 1.89. The molecule has 1 heterocycles. The fraction of sp³-hybridized carbons (Fsp3) is 0.583. The quantitative estimate of drug-likeness (QED) is 0.760. The summed E-state index contributed by atoms with van der Waals surface area (Å²) in [5, 5.41) is 11.5. The van der Waals surface area contributed by atoms with E-state index in [0.29, 0.717) is 18.9 Å². The number of hydrogen-bond acceptors (Lipinski definition) is 5. The Balaban J connectivity index is 2.62. The Morgan fingerprint density at radius 1 is 1.47 bits per heavy atom. The lowest BCUT2D eigenvalue weighted by Crippen LogP contribution is -2.23. The van der Waals surface area contributed by atoms with Gasteiger partial charge in [0.15, 0.2) is 0 Å². The SMILES string of the molecule is CC(C)CN(C)c1cc(NCCC#N)ncn1. The van der Waals surface area contributed by atoms with Gasteiger partial charge in [-0.3, -0.25) is 0 Å². The van der Waals surface area contributed by atoms with Crippen molar-refractivity contribution in [3.63, 3.8) is 0 Å². The van der Waals surface area contributed by atoms with Crippen LogP contribution in [-0.4, -0.2) is 30.1 Å². The maximum Gasteiger partial charge on any atom is 0.133 e. The third-order valence-electron chi connectivity index (χ3n) is 2.23. The molecule has 1 rings (SSSR count). The number of aromatic nitrogens is 2. The molecule has 17 heavy (non-hydrogen) atoms. The Morgan fingerprint density at radius 3 is 2.88 bits per heavy atom. The number of rotatable bonds is 6. The first-order chi connectivity index (χ1) is 8.13. The minimum atomic E-state index is 0.473. The van der Waals surface area contributed by atoms with Crippen LogP contribution >= 0.6 is 0 Å². The highest BCUT2D eigenvalue weighted by Crippen LogP contribution is 2.13. The first-order valence-electron chi connectivity index (χ1n) is 5.77. The van der Waals surface area contributed by atoms with E-state index in [9.17, 15) is 0 Å². The Labute approximate surface area is 102 Å². The lowest BCUT2D eigenvalue weighted by Gasteiger charge is -2.20. The van der Waals surface area contributed by atoms with Crippen molar-refractivity contribution in [1.29, 1.82) is 5.26 Å². The largest absolute Gasteiger partial charge is 0.369 e. The molecule has 0 atom stereocenters. The van der Waals surface area contributed by atoms with E-state index < -0.39 is 0 Å². The van der Waals surface area contributed by atoms with Crippen molar-refractivity contribution in [2.75, 3.05) is 30.4 Å². The molecular formula is C12H19N5. The van der Waals surface area contributed by atoms with Crippen LogP contribution in [0.2, 0.25) is 0 Å². The molecule has 0 fully saturated rings. The first kappa shape index (κ1) is 13.2. The summed E-state index contributed by atoms with van der Waals surface area (Å²) in [6.07, 6.45) is 2.02. The van der Waals surface area contributed by atoms with Crippen molar-refractivity contribution in [1.82, 2.24) is 9.97 Å². The minimum absolute atomic E-state index is 0.473. The smallest absolute Gasteiger partial charge is 0.133 e. The Kier molecular flexibility index (Phi) is 5.21. The standard InChI is InChI=1S/C12H19N5/c1-10(2)8-17(3)12-7-11(15-9-16-12)14-6-4-5-13/h7,9-10H,4,6,8H2,1-3H3,(H,14,15,16). The number of hydrogen-bond donors (Lipinski definition) is 1. The third-order valence-corrected chi connectivity index (χ3v) is 2.23. The van der Waals surface area contributed by atoms with Crippen LogP contribution in [0.4, 0.5) is 11.6 Å². The van der Waals surface area contributed by atoms with Gasteiger partial charge >= 0.3 is 0 Å². The van der Waals surface area contributed by atoms with Gasteiger partial charge in [0.1, 0.15) is 18.0 Å². The molecule has 0 saturated carbocycles. The monoisotopic (exact) mass is 233 g/mol. The van der Waals surface area contributed by atoms with Crippen molar-refractivity contribution in [3.05, 3.63) is 12.4 Å². The van der Waals surface area contributed by atoms with Crippen molar-refractivity contribution in [2.45, 2.75) is 20.3 Å². The molecule has 5 nitrogen and oxygen atoms in total. The fourth-order valence-electron chi connectivity index (χ4n) is 1.54. The van der Waals surface area contributed by atoms with Crippen molar-refractivity contribution in [2.24, 2.45) is 5.92 Å². The first-order valence-corrected chi connectivity index (χ1v) is 5.77. The molecule has 0 saturated heterocycles. The highest BCUT2D eigenvalue weighted by molar-refractivity contribution is 5.47. The summed E-state index contributed by atoms with van der Waals surface area (Å²) in [5.41, 5.74) is 0. The predicted molar refractivity (Wildman–Crippen MR) is 68.9 cm³/mol. The number of nitrogens with zero attached hydrogens (tertiary/aromatic N) is 4. The van der Waals surface area contributed by atoms with Crippen LogP contribution in [0.5, 0.6) is 0 Å². The summed E-state index contributed by atoms with van der Waals surface area (Å²) in [7, 11) is 2.02. The second-order valence-corrected chi connectivity index (χ2v) is 4.37. The van der Waals surface area contributed by atoms with Gasteiger partial charge in [-0.15, -0.1) is 0 Å². The summed E-state index contributed by atoms with van der Waals surface area (Å²) in [6.45, 7) is 5.91. The maximum absolute atomic E-state index is 8.46. The number of nitriles is 1. The molecule has 0 aromatic carbocycles. The Bertz CT molecular complexity index is 383.